The van der Waals surface area contributed by atoms with Crippen LogP contribution in [0.25, 0.3) is 67.3 Å². The number of nitrogens with one attached hydrogen (secondary N) is 3. The third kappa shape index (κ3) is 15.2. The number of hydrogen-bond acceptors (Lipinski definition) is 10. The zero-order valence-electron chi connectivity index (χ0n) is 50.3. The van der Waals surface area contributed by atoms with E-state index in [0.29, 0.717) is 34.2 Å². The Morgan fingerprint density at radius 1 is 0.323 bits per heavy atom. The SMILES string of the molecule is Fc1ccccc1-c1nc2cc(C(c3ccccc3)n3ccnc3)ccc2[nH]1.Fc1ccccc1-c1nc2cc(C(c3ccccc3)n3ccnc3)ccc2[nH]1.Fc1ccccc1-c1nc2cc(C(c3ccccc3)n3ccnc3)ccc2[nH]1.O=C(O)C(=O)O.O=C(O)C(=O)O. The van der Waals surface area contributed by atoms with Crippen molar-refractivity contribution in [2.75, 3.05) is 0 Å². The number of aromatic nitrogens is 12. The minimum Gasteiger partial charge on any atom is -0.473 e. The van der Waals surface area contributed by atoms with Crippen LogP contribution >= 0.6 is 0 Å². The molecule has 6 aromatic heterocycles. The Kier molecular flexibility index (Phi) is 19.9. The molecule has 7 N–H and O–H groups in total. The van der Waals surface area contributed by atoms with E-state index in [4.69, 9.17) is 39.6 Å². The number of hydrogen-bond donors (Lipinski definition) is 7. The molecule has 0 saturated carbocycles. The average molecular weight is 1290 g/mol. The van der Waals surface area contributed by atoms with E-state index in [-0.39, 0.29) is 35.6 Å². The van der Waals surface area contributed by atoms with Gasteiger partial charge >= 0.3 is 23.9 Å². The predicted molar refractivity (Wildman–Crippen MR) is 353 cm³/mol. The van der Waals surface area contributed by atoms with Gasteiger partial charge in [0.25, 0.3) is 0 Å². The van der Waals surface area contributed by atoms with Gasteiger partial charge in [0, 0.05) is 37.2 Å². The van der Waals surface area contributed by atoms with Gasteiger partial charge in [-0.05, 0) is 106 Å². The lowest BCUT2D eigenvalue weighted by molar-refractivity contribution is -0.159. The summed E-state index contributed by atoms with van der Waals surface area (Å²) in [6.45, 7) is 0. The van der Waals surface area contributed by atoms with Crippen LogP contribution in [0, 0.1) is 17.5 Å². The summed E-state index contributed by atoms with van der Waals surface area (Å²) in [5.41, 5.74) is 13.2. The van der Waals surface area contributed by atoms with Gasteiger partial charge in [-0.1, -0.05) is 146 Å². The lowest BCUT2D eigenvalue weighted by Gasteiger charge is -2.19. The third-order valence-corrected chi connectivity index (χ3v) is 15.0. The summed E-state index contributed by atoms with van der Waals surface area (Å²) >= 11 is 0. The first kappa shape index (κ1) is 64.2. The second-order valence-corrected chi connectivity index (χ2v) is 21.2. The highest BCUT2D eigenvalue weighted by Crippen LogP contribution is 2.34. The number of aliphatic carboxylic acids is 4. The molecule has 20 nitrogen and oxygen atoms in total. The molecule has 6 heterocycles. The van der Waals surface area contributed by atoms with Crippen molar-refractivity contribution >= 4 is 57.0 Å². The van der Waals surface area contributed by atoms with E-state index in [0.717, 1.165) is 66.5 Å². The largest absolute Gasteiger partial charge is 0.473 e. The molecule has 476 valence electrons. The number of rotatable bonds is 12. The molecule has 9 aromatic carbocycles. The van der Waals surface area contributed by atoms with Crippen LogP contribution in [0.1, 0.15) is 51.5 Å². The molecule has 23 heteroatoms. The van der Waals surface area contributed by atoms with Gasteiger partial charge in [-0.2, -0.15) is 0 Å². The molecule has 15 rings (SSSR count). The summed E-state index contributed by atoms with van der Waals surface area (Å²) in [5.74, 6) is -6.57. The summed E-state index contributed by atoms with van der Waals surface area (Å²) in [5, 5.41) is 29.6. The number of nitrogens with zero attached hydrogens (tertiary/aromatic N) is 9. The summed E-state index contributed by atoms with van der Waals surface area (Å²) in [6, 6.07) is 69.1. The summed E-state index contributed by atoms with van der Waals surface area (Å²) in [7, 11) is 0. The first-order valence-electron chi connectivity index (χ1n) is 29.4. The van der Waals surface area contributed by atoms with Gasteiger partial charge in [-0.15, -0.1) is 0 Å². The van der Waals surface area contributed by atoms with E-state index in [1.54, 1.807) is 55.0 Å². The van der Waals surface area contributed by atoms with Crippen molar-refractivity contribution in [3.8, 4) is 34.2 Å². The normalized spacial score (nSPS) is 11.7. The molecular weight excluding hydrogens is 1230 g/mol. The highest BCUT2D eigenvalue weighted by molar-refractivity contribution is 6.28. The first-order chi connectivity index (χ1) is 46.7. The molecule has 0 spiro atoms. The monoisotopic (exact) mass is 1280 g/mol. The van der Waals surface area contributed by atoms with Gasteiger partial charge < -0.3 is 49.1 Å². The van der Waals surface area contributed by atoms with Gasteiger partial charge in [0.15, 0.2) is 0 Å². The van der Waals surface area contributed by atoms with E-state index < -0.39 is 23.9 Å². The minimum absolute atomic E-state index is 0.0123. The fourth-order valence-corrected chi connectivity index (χ4v) is 10.7. The number of aromatic amines is 3. The van der Waals surface area contributed by atoms with Crippen molar-refractivity contribution in [1.82, 2.24) is 58.6 Å². The molecule has 0 saturated heterocycles. The molecule has 0 aliphatic carbocycles. The summed E-state index contributed by atoms with van der Waals surface area (Å²) < 4.78 is 48.7. The zero-order chi connectivity index (χ0) is 67.1. The predicted octanol–water partition coefficient (Wildman–Crippen LogP) is 13.9. The van der Waals surface area contributed by atoms with Gasteiger partial charge in [-0.25, -0.2) is 62.3 Å². The van der Waals surface area contributed by atoms with Crippen LogP contribution in [0.3, 0.4) is 0 Å². The van der Waals surface area contributed by atoms with Crippen LogP contribution in [0.4, 0.5) is 13.2 Å². The van der Waals surface area contributed by atoms with Crippen molar-refractivity contribution in [2.45, 2.75) is 18.1 Å². The molecule has 3 unspecified atom stereocenters. The highest BCUT2D eigenvalue weighted by atomic mass is 19.1. The number of carbonyl (C=O) groups is 4. The average Bonchev–Trinajstić information content (AvgIpc) is 1.55. The Balaban J connectivity index is 0.000000135. The zero-order valence-corrected chi connectivity index (χ0v) is 50.3. The fraction of sp³-hybridized carbons (Fsp3) is 0.0411. The Bertz CT molecular complexity index is 4590. The maximum atomic E-state index is 14.1. The Morgan fingerprint density at radius 2 is 0.573 bits per heavy atom. The van der Waals surface area contributed by atoms with Gasteiger partial charge in [0.1, 0.15) is 34.9 Å². The van der Waals surface area contributed by atoms with E-state index >= 15 is 0 Å². The van der Waals surface area contributed by atoms with E-state index in [1.165, 1.54) is 18.2 Å². The number of halogens is 3. The van der Waals surface area contributed by atoms with E-state index in [9.17, 15) is 13.2 Å². The second-order valence-electron chi connectivity index (χ2n) is 21.2. The fourth-order valence-electron chi connectivity index (χ4n) is 10.7. The number of benzene rings is 9. The van der Waals surface area contributed by atoms with Gasteiger partial charge in [-0.3, -0.25) is 0 Å². The standard InChI is InChI=1S/3C23H17FN4.2C2H2O4/c3*24-19-9-5-4-8-18(19)23-26-20-11-10-17(14-21(20)27-23)22(28-13-12-25-15-28)16-6-2-1-3-7-16;2*3-1(4)2(5)6/h3*1-15,22H,(H,26,27);2*(H,3,4)(H,5,6). The van der Waals surface area contributed by atoms with E-state index in [1.807, 2.05) is 147 Å². The quantitative estimate of drug-likeness (QED) is 0.0560. The number of carboxylic acid groups (broad SMARTS) is 4. The molecular formula is C73H55F3N12O8. The van der Waals surface area contributed by atoms with E-state index in [2.05, 4.69) is 113 Å². The van der Waals surface area contributed by atoms with Crippen LogP contribution in [0.5, 0.6) is 0 Å². The molecule has 0 fully saturated rings. The van der Waals surface area contributed by atoms with Crippen LogP contribution < -0.4 is 0 Å². The van der Waals surface area contributed by atoms with Crippen LogP contribution in [-0.2, 0) is 19.2 Å². The number of fused-ring (bicyclic) bond motifs is 3. The number of imidazole rings is 6. The molecule has 3 atom stereocenters. The van der Waals surface area contributed by atoms with Crippen molar-refractivity contribution in [3.05, 3.63) is 325 Å². The lowest BCUT2D eigenvalue weighted by atomic mass is 9.98. The Labute approximate surface area is 543 Å². The molecule has 0 aliphatic heterocycles. The molecule has 0 bridgehead atoms. The molecule has 0 amide bonds. The van der Waals surface area contributed by atoms with Crippen molar-refractivity contribution in [3.63, 3.8) is 0 Å². The van der Waals surface area contributed by atoms with Crippen molar-refractivity contribution in [2.24, 2.45) is 0 Å². The first-order valence-corrected chi connectivity index (χ1v) is 29.4. The second kappa shape index (κ2) is 29.8. The maximum absolute atomic E-state index is 14.1. The van der Waals surface area contributed by atoms with Crippen LogP contribution in [0.2, 0.25) is 0 Å². The molecule has 0 radical (unpaired) electrons. The third-order valence-electron chi connectivity index (χ3n) is 15.0. The van der Waals surface area contributed by atoms with Gasteiger partial charge in [0.2, 0.25) is 0 Å². The topological polar surface area (TPSA) is 289 Å². The van der Waals surface area contributed by atoms with Crippen LogP contribution in [0.15, 0.2) is 275 Å². The smallest absolute Gasteiger partial charge is 0.414 e. The summed E-state index contributed by atoms with van der Waals surface area (Å²) in [4.78, 5) is 72.6. The number of carboxylic acids is 4. The minimum atomic E-state index is -1.82. The Hall–Kier alpha value is -13.3. The van der Waals surface area contributed by atoms with Gasteiger partial charge in [0.05, 0.1) is 86.9 Å². The lowest BCUT2D eigenvalue weighted by Crippen LogP contribution is -2.10. The summed E-state index contributed by atoms with van der Waals surface area (Å²) in [6.07, 6.45) is 16.6. The molecule has 15 aromatic rings. The number of H-pyrrole nitrogens is 3. The van der Waals surface area contributed by atoms with Crippen LogP contribution in [-0.4, -0.2) is 103 Å². The Morgan fingerprint density at radius 3 is 0.802 bits per heavy atom. The van der Waals surface area contributed by atoms with Crippen molar-refractivity contribution in [1.29, 1.82) is 0 Å². The highest BCUT2D eigenvalue weighted by Gasteiger charge is 2.22. The van der Waals surface area contributed by atoms with Crippen molar-refractivity contribution < 1.29 is 52.8 Å². The molecule has 0 aliphatic rings. The maximum Gasteiger partial charge on any atom is 0.414 e. The molecule has 96 heavy (non-hydrogen) atoms.